The monoisotopic (exact) mass is 524 g/mol. The Hall–Kier alpha value is -2.25. The molecule has 210 valence electrons. The Kier molecular flexibility index (Phi) is 10.8. The molecule has 0 aliphatic carbocycles. The van der Waals surface area contributed by atoms with Crippen molar-refractivity contribution < 1.29 is 14.4 Å². The third-order valence-electron chi connectivity index (χ3n) is 8.77. The summed E-state index contributed by atoms with van der Waals surface area (Å²) in [6.07, 6.45) is 13.3. The van der Waals surface area contributed by atoms with Gasteiger partial charge < -0.3 is 15.1 Å². The van der Waals surface area contributed by atoms with Crippen LogP contribution in [-0.2, 0) is 22.6 Å². The number of carbonyl (C=O) groups is 3. The van der Waals surface area contributed by atoms with E-state index in [1.165, 1.54) is 76.6 Å². The van der Waals surface area contributed by atoms with Gasteiger partial charge in [-0.25, -0.2) is 0 Å². The van der Waals surface area contributed by atoms with E-state index in [4.69, 9.17) is 0 Å². The number of piperidine rings is 2. The number of likely N-dealkylation sites (tertiary alicyclic amines) is 1. The highest BCUT2D eigenvalue weighted by atomic mass is 16.2. The van der Waals surface area contributed by atoms with Crippen LogP contribution >= 0.6 is 0 Å². The predicted octanol–water partition coefficient (Wildman–Crippen LogP) is 4.43. The summed E-state index contributed by atoms with van der Waals surface area (Å²) in [5.41, 5.74) is 2.97. The van der Waals surface area contributed by atoms with E-state index in [1.54, 1.807) is 4.90 Å². The first-order valence-corrected chi connectivity index (χ1v) is 15.1. The lowest BCUT2D eigenvalue weighted by Gasteiger charge is -2.34. The van der Waals surface area contributed by atoms with Gasteiger partial charge in [0.2, 0.25) is 11.8 Å². The molecule has 3 aliphatic rings. The molecule has 3 amide bonds. The van der Waals surface area contributed by atoms with Crippen molar-refractivity contribution in [3.8, 4) is 0 Å². The van der Waals surface area contributed by atoms with Crippen LogP contribution in [0.3, 0.4) is 0 Å². The number of aryl methyl sites for hydroxylation is 1. The molecule has 2 fully saturated rings. The molecule has 3 aliphatic heterocycles. The van der Waals surface area contributed by atoms with Gasteiger partial charge in [0.1, 0.15) is 6.04 Å². The Bertz CT molecular complexity index is 954. The summed E-state index contributed by atoms with van der Waals surface area (Å²) < 4.78 is 0. The molecular weight excluding hydrogens is 476 g/mol. The Labute approximate surface area is 229 Å². The van der Waals surface area contributed by atoms with Crippen molar-refractivity contribution >= 4 is 17.7 Å². The fraction of sp³-hybridized carbons (Fsp3) is 0.710. The summed E-state index contributed by atoms with van der Waals surface area (Å²) in [5.74, 6) is 0.212. The molecule has 0 aromatic heterocycles. The minimum atomic E-state index is -0.542. The quantitative estimate of drug-likeness (QED) is 0.278. The molecule has 1 aromatic rings. The summed E-state index contributed by atoms with van der Waals surface area (Å²) in [5, 5.41) is 6.03. The second-order valence-corrected chi connectivity index (χ2v) is 11.9. The highest BCUT2D eigenvalue weighted by Gasteiger charge is 2.39. The molecule has 0 radical (unpaired) electrons. The van der Waals surface area contributed by atoms with Crippen LogP contribution in [0, 0.1) is 5.92 Å². The van der Waals surface area contributed by atoms with Gasteiger partial charge in [-0.05, 0) is 108 Å². The van der Waals surface area contributed by atoms with Gasteiger partial charge in [0.15, 0.2) is 0 Å². The van der Waals surface area contributed by atoms with Gasteiger partial charge in [-0.1, -0.05) is 37.8 Å². The minimum Gasteiger partial charge on any atom is -0.322 e. The number of nitrogens with zero attached hydrogens (tertiary/aromatic N) is 2. The van der Waals surface area contributed by atoms with Crippen LogP contribution < -0.4 is 10.6 Å². The van der Waals surface area contributed by atoms with Gasteiger partial charge in [0.05, 0.1) is 0 Å². The van der Waals surface area contributed by atoms with Crippen LogP contribution in [0.15, 0.2) is 18.2 Å². The van der Waals surface area contributed by atoms with E-state index in [2.05, 4.69) is 41.5 Å². The van der Waals surface area contributed by atoms with E-state index < -0.39 is 6.04 Å². The van der Waals surface area contributed by atoms with Gasteiger partial charge >= 0.3 is 0 Å². The lowest BCUT2D eigenvalue weighted by molar-refractivity contribution is -0.136. The first-order chi connectivity index (χ1) is 18.4. The third kappa shape index (κ3) is 7.89. The zero-order valence-corrected chi connectivity index (χ0v) is 23.6. The maximum absolute atomic E-state index is 12.8. The zero-order chi connectivity index (χ0) is 26.9. The van der Waals surface area contributed by atoms with Crippen molar-refractivity contribution in [2.45, 2.75) is 110 Å². The van der Waals surface area contributed by atoms with Gasteiger partial charge in [-0.3, -0.25) is 19.7 Å². The lowest BCUT2D eigenvalue weighted by atomic mass is 9.93. The number of hydrogen-bond acceptors (Lipinski definition) is 5. The average Bonchev–Trinajstić information content (AvgIpc) is 3.22. The maximum Gasteiger partial charge on any atom is 0.255 e. The number of benzene rings is 1. The van der Waals surface area contributed by atoms with Crippen LogP contribution in [0.1, 0.15) is 106 Å². The van der Waals surface area contributed by atoms with Crippen molar-refractivity contribution in [1.82, 2.24) is 20.4 Å². The zero-order valence-electron chi connectivity index (χ0n) is 23.6. The highest BCUT2D eigenvalue weighted by Crippen LogP contribution is 2.28. The molecular formula is C31H48N4O3. The van der Waals surface area contributed by atoms with E-state index in [0.717, 1.165) is 30.9 Å². The number of nitrogens with one attached hydrogen (secondary N) is 2. The van der Waals surface area contributed by atoms with Crippen molar-refractivity contribution in [3.63, 3.8) is 0 Å². The molecule has 0 spiro atoms. The smallest absolute Gasteiger partial charge is 0.255 e. The third-order valence-corrected chi connectivity index (χ3v) is 8.77. The van der Waals surface area contributed by atoms with E-state index in [-0.39, 0.29) is 24.1 Å². The SMILES string of the molecule is CC(C)N1CCC(CCNCCCCCCCCc2ccc3c(c2)CN(C2CCC(=O)NC2=O)C3=O)CC1. The van der Waals surface area contributed by atoms with Crippen molar-refractivity contribution in [2.24, 2.45) is 5.92 Å². The molecule has 2 N–H and O–H groups in total. The summed E-state index contributed by atoms with van der Waals surface area (Å²) >= 11 is 0. The van der Waals surface area contributed by atoms with Gasteiger partial charge in [-0.15, -0.1) is 0 Å². The predicted molar refractivity (Wildman–Crippen MR) is 151 cm³/mol. The molecule has 2 saturated heterocycles. The first-order valence-electron chi connectivity index (χ1n) is 15.1. The molecule has 3 heterocycles. The van der Waals surface area contributed by atoms with Crippen molar-refractivity contribution in [3.05, 3.63) is 34.9 Å². The Morgan fingerprint density at radius 2 is 1.68 bits per heavy atom. The Morgan fingerprint density at radius 3 is 2.42 bits per heavy atom. The van der Waals surface area contributed by atoms with E-state index in [9.17, 15) is 14.4 Å². The summed E-state index contributed by atoms with van der Waals surface area (Å²) in [4.78, 5) is 40.7. The molecule has 1 unspecified atom stereocenters. The molecule has 1 atom stereocenters. The summed E-state index contributed by atoms with van der Waals surface area (Å²) in [6, 6.07) is 6.27. The fourth-order valence-electron chi connectivity index (χ4n) is 6.26. The van der Waals surface area contributed by atoms with Gasteiger partial charge in [0, 0.05) is 24.6 Å². The Balaban J connectivity index is 1.03. The number of carbonyl (C=O) groups excluding carboxylic acids is 3. The van der Waals surface area contributed by atoms with Gasteiger partial charge in [0.25, 0.3) is 5.91 Å². The average molecular weight is 525 g/mol. The molecule has 38 heavy (non-hydrogen) atoms. The molecule has 0 saturated carbocycles. The maximum atomic E-state index is 12.8. The topological polar surface area (TPSA) is 81.8 Å². The number of rotatable bonds is 14. The molecule has 7 heteroatoms. The highest BCUT2D eigenvalue weighted by molar-refractivity contribution is 6.05. The standard InChI is InChI=1S/C31H48N4O3/c1-23(2)34-19-15-24(16-20-34)14-18-32-17-8-6-4-3-5-7-9-25-10-11-27-26(21-25)22-35(31(27)38)28-12-13-29(36)33-30(28)37/h10-11,21,23-24,28,32H,3-9,12-20,22H2,1-2H3,(H,33,36,37). The normalized spacial score (nSPS) is 20.9. The number of imide groups is 1. The molecule has 0 bridgehead atoms. The Morgan fingerprint density at radius 1 is 0.947 bits per heavy atom. The fourth-order valence-corrected chi connectivity index (χ4v) is 6.26. The second kappa shape index (κ2) is 14.2. The van der Waals surface area contributed by atoms with Crippen LogP contribution in [0.4, 0.5) is 0 Å². The van der Waals surface area contributed by atoms with Crippen LogP contribution in [0.5, 0.6) is 0 Å². The van der Waals surface area contributed by atoms with Gasteiger partial charge in [-0.2, -0.15) is 0 Å². The molecule has 7 nitrogen and oxygen atoms in total. The minimum absolute atomic E-state index is 0.0949. The lowest BCUT2D eigenvalue weighted by Crippen LogP contribution is -2.52. The number of hydrogen-bond donors (Lipinski definition) is 2. The molecule has 4 rings (SSSR count). The number of unbranched alkanes of at least 4 members (excludes halogenated alkanes) is 5. The van der Waals surface area contributed by atoms with Crippen molar-refractivity contribution in [2.75, 3.05) is 26.2 Å². The number of fused-ring (bicyclic) bond motifs is 1. The second-order valence-electron chi connectivity index (χ2n) is 11.9. The van der Waals surface area contributed by atoms with Crippen LogP contribution in [0.25, 0.3) is 0 Å². The van der Waals surface area contributed by atoms with Crippen LogP contribution in [0.2, 0.25) is 0 Å². The number of amides is 3. The van der Waals surface area contributed by atoms with Crippen molar-refractivity contribution in [1.29, 1.82) is 0 Å². The molecule has 1 aromatic carbocycles. The van der Waals surface area contributed by atoms with E-state index >= 15 is 0 Å². The summed E-state index contributed by atoms with van der Waals surface area (Å²) in [6.45, 7) is 9.94. The van der Waals surface area contributed by atoms with E-state index in [0.29, 0.717) is 24.6 Å². The van der Waals surface area contributed by atoms with Crippen LogP contribution in [-0.4, -0.2) is 65.8 Å². The summed E-state index contributed by atoms with van der Waals surface area (Å²) in [7, 11) is 0. The largest absolute Gasteiger partial charge is 0.322 e. The van der Waals surface area contributed by atoms with E-state index in [1.807, 2.05) is 6.07 Å². The first kappa shape index (κ1) is 28.8.